The van der Waals surface area contributed by atoms with Crippen LogP contribution in [0.25, 0.3) is 0 Å². The number of nitrogens with zero attached hydrogens (tertiary/aromatic N) is 3. The molecule has 7 nitrogen and oxygen atoms in total. The molecule has 0 radical (unpaired) electrons. The molecule has 0 aromatic heterocycles. The van der Waals surface area contributed by atoms with Gasteiger partial charge in [-0.1, -0.05) is 0 Å². The van der Waals surface area contributed by atoms with Gasteiger partial charge in [-0.05, 0) is 18.6 Å². The second-order valence-electron chi connectivity index (χ2n) is 6.54. The Bertz CT molecular complexity index is 805. The molecule has 1 atom stereocenters. The van der Waals surface area contributed by atoms with Gasteiger partial charge in [0.15, 0.2) is 9.84 Å². The predicted molar refractivity (Wildman–Crippen MR) is 88.9 cm³/mol. The average molecular weight is 393 g/mol. The maximum absolute atomic E-state index is 12.8. The summed E-state index contributed by atoms with van der Waals surface area (Å²) < 4.78 is 61.6. The van der Waals surface area contributed by atoms with Crippen LogP contribution in [0, 0.1) is 10.1 Å². The van der Waals surface area contributed by atoms with Crippen molar-refractivity contribution < 1.29 is 26.5 Å². The van der Waals surface area contributed by atoms with Crippen molar-refractivity contribution in [1.29, 1.82) is 0 Å². The van der Waals surface area contributed by atoms with Gasteiger partial charge in [0.1, 0.15) is 5.69 Å². The van der Waals surface area contributed by atoms with Gasteiger partial charge in [-0.2, -0.15) is 13.2 Å². The van der Waals surface area contributed by atoms with Crippen LogP contribution in [0.5, 0.6) is 0 Å². The summed E-state index contributed by atoms with van der Waals surface area (Å²) in [7, 11) is -3.00. The van der Waals surface area contributed by atoms with Crippen molar-refractivity contribution in [2.75, 3.05) is 42.6 Å². The van der Waals surface area contributed by atoms with Crippen LogP contribution < -0.4 is 4.90 Å². The topological polar surface area (TPSA) is 83.8 Å². The molecule has 0 amide bonds. The first-order valence-electron chi connectivity index (χ1n) is 8.12. The Labute approximate surface area is 148 Å². The average Bonchev–Trinajstić information content (AvgIpc) is 2.93. The molecule has 2 heterocycles. The number of nitro groups is 1. The zero-order chi connectivity index (χ0) is 19.1. The highest BCUT2D eigenvalue weighted by Crippen LogP contribution is 2.37. The van der Waals surface area contributed by atoms with Crippen molar-refractivity contribution in [3.05, 3.63) is 33.9 Å². The lowest BCUT2D eigenvalue weighted by Crippen LogP contribution is -2.50. The molecule has 2 saturated heterocycles. The first-order valence-corrected chi connectivity index (χ1v) is 9.94. The Morgan fingerprint density at radius 2 is 1.81 bits per heavy atom. The minimum Gasteiger partial charge on any atom is -0.363 e. The van der Waals surface area contributed by atoms with Gasteiger partial charge < -0.3 is 4.90 Å². The summed E-state index contributed by atoms with van der Waals surface area (Å²) >= 11 is 0. The van der Waals surface area contributed by atoms with E-state index in [2.05, 4.69) is 0 Å². The second-order valence-corrected chi connectivity index (χ2v) is 8.77. The lowest BCUT2D eigenvalue weighted by molar-refractivity contribution is -0.384. The van der Waals surface area contributed by atoms with Crippen molar-refractivity contribution in [2.45, 2.75) is 18.6 Å². The number of rotatable bonds is 3. The lowest BCUT2D eigenvalue weighted by atomic mass is 10.1. The fraction of sp³-hybridized carbons (Fsp3) is 0.600. The van der Waals surface area contributed by atoms with Gasteiger partial charge in [0.25, 0.3) is 5.69 Å². The smallest absolute Gasteiger partial charge is 0.363 e. The molecule has 3 rings (SSSR count). The van der Waals surface area contributed by atoms with Gasteiger partial charge in [-0.25, -0.2) is 8.42 Å². The molecule has 0 saturated carbocycles. The number of nitro benzene ring substituents is 1. The highest BCUT2D eigenvalue weighted by atomic mass is 32.2. The van der Waals surface area contributed by atoms with Crippen LogP contribution in [0.2, 0.25) is 0 Å². The Morgan fingerprint density at radius 1 is 1.15 bits per heavy atom. The predicted octanol–water partition coefficient (Wildman–Crippen LogP) is 1.92. The van der Waals surface area contributed by atoms with E-state index >= 15 is 0 Å². The number of benzene rings is 1. The van der Waals surface area contributed by atoms with Crippen LogP contribution in [0.4, 0.5) is 24.5 Å². The number of halogens is 3. The van der Waals surface area contributed by atoms with Gasteiger partial charge in [0.05, 0.1) is 22.0 Å². The third kappa shape index (κ3) is 3.93. The molecule has 0 bridgehead atoms. The summed E-state index contributed by atoms with van der Waals surface area (Å²) in [6, 6.07) is 2.49. The summed E-state index contributed by atoms with van der Waals surface area (Å²) in [5, 5.41) is 11.2. The minimum atomic E-state index is -4.64. The zero-order valence-electron chi connectivity index (χ0n) is 13.8. The number of hydrogen-bond donors (Lipinski definition) is 0. The second kappa shape index (κ2) is 6.69. The number of sulfone groups is 1. The number of hydrogen-bond acceptors (Lipinski definition) is 6. The molecule has 144 valence electrons. The lowest BCUT2D eigenvalue weighted by Gasteiger charge is -2.38. The highest BCUT2D eigenvalue weighted by molar-refractivity contribution is 7.91. The number of anilines is 1. The van der Waals surface area contributed by atoms with Gasteiger partial charge >= 0.3 is 6.18 Å². The van der Waals surface area contributed by atoms with Crippen molar-refractivity contribution in [1.82, 2.24) is 4.90 Å². The van der Waals surface area contributed by atoms with E-state index in [9.17, 15) is 31.7 Å². The molecule has 1 aromatic rings. The van der Waals surface area contributed by atoms with Crippen molar-refractivity contribution in [2.24, 2.45) is 0 Å². The summed E-state index contributed by atoms with van der Waals surface area (Å²) in [4.78, 5) is 14.1. The summed E-state index contributed by atoms with van der Waals surface area (Å²) in [6.07, 6.45) is -4.07. The summed E-state index contributed by atoms with van der Waals surface area (Å²) in [6.45, 7) is 1.81. The van der Waals surface area contributed by atoms with Gasteiger partial charge in [-0.15, -0.1) is 0 Å². The molecule has 0 unspecified atom stereocenters. The van der Waals surface area contributed by atoms with E-state index in [-0.39, 0.29) is 23.2 Å². The van der Waals surface area contributed by atoms with Gasteiger partial charge in [0.2, 0.25) is 0 Å². The van der Waals surface area contributed by atoms with Crippen LogP contribution >= 0.6 is 0 Å². The molecule has 2 fully saturated rings. The molecule has 0 aliphatic carbocycles. The zero-order valence-corrected chi connectivity index (χ0v) is 14.6. The van der Waals surface area contributed by atoms with E-state index in [0.29, 0.717) is 38.7 Å². The SMILES string of the molecule is O=[N+]([O-])c1cc(C(F)(F)F)ccc1N1CCN([C@H]2CCS(=O)(=O)C2)CC1. The highest BCUT2D eigenvalue weighted by Gasteiger charge is 2.36. The summed E-state index contributed by atoms with van der Waals surface area (Å²) in [5.41, 5.74) is -1.47. The molecule has 26 heavy (non-hydrogen) atoms. The fourth-order valence-corrected chi connectivity index (χ4v) is 5.27. The van der Waals surface area contributed by atoms with E-state index in [4.69, 9.17) is 0 Å². The first kappa shape index (κ1) is 18.9. The monoisotopic (exact) mass is 393 g/mol. The van der Waals surface area contributed by atoms with E-state index < -0.39 is 32.2 Å². The molecule has 0 N–H and O–H groups in total. The standard InChI is InChI=1S/C15H18F3N3O4S/c16-15(17,18)11-1-2-13(14(9-11)21(22)23)20-6-4-19(5-7-20)12-3-8-26(24,25)10-12/h1-2,9,12H,3-8,10H2/t12-/m0/s1. The van der Waals surface area contributed by atoms with Crippen molar-refractivity contribution in [3.63, 3.8) is 0 Å². The largest absolute Gasteiger partial charge is 0.416 e. The van der Waals surface area contributed by atoms with Crippen LogP contribution in [0.1, 0.15) is 12.0 Å². The third-order valence-corrected chi connectivity index (χ3v) is 6.63. The quantitative estimate of drug-likeness (QED) is 0.576. The van der Waals surface area contributed by atoms with Crippen LogP contribution in [0.15, 0.2) is 18.2 Å². The molecule has 2 aliphatic rings. The summed E-state index contributed by atoms with van der Waals surface area (Å²) in [5.74, 6) is 0.287. The Hall–Kier alpha value is -1.88. The van der Waals surface area contributed by atoms with Crippen molar-refractivity contribution >= 4 is 21.2 Å². The molecule has 2 aliphatic heterocycles. The first-order chi connectivity index (χ1) is 12.1. The Balaban J connectivity index is 1.74. The normalized spacial score (nSPS) is 24.0. The number of alkyl halides is 3. The molecular formula is C15H18F3N3O4S. The maximum atomic E-state index is 12.8. The van der Waals surface area contributed by atoms with Crippen molar-refractivity contribution in [3.8, 4) is 0 Å². The van der Waals surface area contributed by atoms with Gasteiger partial charge in [0, 0.05) is 38.3 Å². The minimum absolute atomic E-state index is 0.0512. The molecular weight excluding hydrogens is 375 g/mol. The molecule has 11 heteroatoms. The van der Waals surface area contributed by atoms with E-state index in [1.165, 1.54) is 0 Å². The fourth-order valence-electron chi connectivity index (χ4n) is 3.50. The van der Waals surface area contributed by atoms with Crippen LogP contribution in [0.3, 0.4) is 0 Å². The molecule has 0 spiro atoms. The van der Waals surface area contributed by atoms with Gasteiger partial charge in [-0.3, -0.25) is 15.0 Å². The Kier molecular flexibility index (Phi) is 4.86. The number of piperazine rings is 1. The maximum Gasteiger partial charge on any atom is 0.416 e. The Morgan fingerprint density at radius 3 is 2.31 bits per heavy atom. The van der Waals surface area contributed by atoms with E-state index in [0.717, 1.165) is 12.1 Å². The van der Waals surface area contributed by atoms with Crippen LogP contribution in [-0.2, 0) is 16.0 Å². The van der Waals surface area contributed by atoms with E-state index in [1.54, 1.807) is 4.90 Å². The van der Waals surface area contributed by atoms with Crippen LogP contribution in [-0.4, -0.2) is 62.0 Å². The third-order valence-electron chi connectivity index (χ3n) is 4.88. The molecule has 1 aromatic carbocycles. The van der Waals surface area contributed by atoms with E-state index in [1.807, 2.05) is 4.90 Å².